The van der Waals surface area contributed by atoms with Gasteiger partial charge in [0.25, 0.3) is 0 Å². The van der Waals surface area contributed by atoms with E-state index >= 15 is 0 Å². The second-order valence-corrected chi connectivity index (χ2v) is 6.05. The molecular weight excluding hydrogens is 232 g/mol. The molecule has 0 unspecified atom stereocenters. The highest BCUT2D eigenvalue weighted by molar-refractivity contribution is 5.91. The third-order valence-electron chi connectivity index (χ3n) is 4.91. The van der Waals surface area contributed by atoms with E-state index in [0.717, 1.165) is 31.8 Å². The number of nitrogens with one attached hydrogen (secondary N) is 1. The highest BCUT2D eigenvalue weighted by Crippen LogP contribution is 2.41. The van der Waals surface area contributed by atoms with E-state index in [4.69, 9.17) is 5.41 Å². The van der Waals surface area contributed by atoms with Crippen LogP contribution in [0, 0.1) is 5.41 Å². The molecule has 1 heterocycles. The minimum Gasteiger partial charge on any atom is -0.360 e. The minimum atomic E-state index is 0.00382. The van der Waals surface area contributed by atoms with Gasteiger partial charge in [-0.15, -0.1) is 0 Å². The molecule has 0 radical (unpaired) electrons. The molecule has 0 bridgehead atoms. The lowest BCUT2D eigenvalue weighted by Crippen LogP contribution is -2.46. The van der Waals surface area contributed by atoms with E-state index < -0.39 is 0 Å². The molecule has 0 amide bonds. The van der Waals surface area contributed by atoms with Gasteiger partial charge in [-0.05, 0) is 31.2 Å². The standard InChI is InChI=1S/C17H24N2/c18-16(19-13-7-8-14-19)17(11-5-2-6-12-17)15-9-3-1-4-10-15/h1,3-4,9-10,18H,2,5-8,11-14H2. The maximum Gasteiger partial charge on any atom is 0.107 e. The quantitative estimate of drug-likeness (QED) is 0.629. The Hall–Kier alpha value is -1.31. The van der Waals surface area contributed by atoms with Gasteiger partial charge in [0.05, 0.1) is 5.41 Å². The molecule has 2 heteroatoms. The maximum atomic E-state index is 8.79. The summed E-state index contributed by atoms with van der Waals surface area (Å²) < 4.78 is 0. The summed E-state index contributed by atoms with van der Waals surface area (Å²) in [5, 5.41) is 8.79. The second kappa shape index (κ2) is 5.36. The first-order valence-electron chi connectivity index (χ1n) is 7.72. The van der Waals surface area contributed by atoms with Gasteiger partial charge in [-0.3, -0.25) is 5.41 Å². The molecule has 102 valence electrons. The zero-order valence-electron chi connectivity index (χ0n) is 11.7. The van der Waals surface area contributed by atoms with Gasteiger partial charge >= 0.3 is 0 Å². The van der Waals surface area contributed by atoms with Crippen molar-refractivity contribution in [1.82, 2.24) is 4.90 Å². The molecule has 2 aliphatic rings. The normalized spacial score (nSPS) is 22.4. The Bertz CT molecular complexity index is 426. The van der Waals surface area contributed by atoms with Crippen LogP contribution in [0.2, 0.25) is 0 Å². The molecule has 0 atom stereocenters. The molecule has 2 nitrogen and oxygen atoms in total. The second-order valence-electron chi connectivity index (χ2n) is 6.05. The Morgan fingerprint density at radius 1 is 0.895 bits per heavy atom. The van der Waals surface area contributed by atoms with Crippen molar-refractivity contribution in [2.45, 2.75) is 50.4 Å². The third-order valence-corrected chi connectivity index (χ3v) is 4.91. The lowest BCUT2D eigenvalue weighted by molar-refractivity contribution is 0.338. The largest absolute Gasteiger partial charge is 0.360 e. The summed E-state index contributed by atoms with van der Waals surface area (Å²) in [4.78, 5) is 2.33. The van der Waals surface area contributed by atoms with Crippen molar-refractivity contribution in [2.75, 3.05) is 13.1 Å². The zero-order chi connectivity index (χ0) is 13.1. The summed E-state index contributed by atoms with van der Waals surface area (Å²) in [7, 11) is 0. The molecule has 1 aromatic rings. The average Bonchev–Trinajstić information content (AvgIpc) is 3.02. The number of hydrogen-bond acceptors (Lipinski definition) is 1. The summed E-state index contributed by atoms with van der Waals surface area (Å²) in [6.45, 7) is 2.18. The van der Waals surface area contributed by atoms with Crippen molar-refractivity contribution in [3.63, 3.8) is 0 Å². The van der Waals surface area contributed by atoms with Crippen LogP contribution in [0.1, 0.15) is 50.5 Å². The van der Waals surface area contributed by atoms with Gasteiger partial charge in [-0.2, -0.15) is 0 Å². The Balaban J connectivity index is 1.94. The van der Waals surface area contributed by atoms with Crippen LogP contribution in [0.3, 0.4) is 0 Å². The molecule has 1 aliphatic heterocycles. The van der Waals surface area contributed by atoms with Crippen molar-refractivity contribution >= 4 is 5.84 Å². The zero-order valence-corrected chi connectivity index (χ0v) is 11.7. The van der Waals surface area contributed by atoms with Crippen LogP contribution in [0.5, 0.6) is 0 Å². The summed E-state index contributed by atoms with van der Waals surface area (Å²) in [6.07, 6.45) is 8.71. The summed E-state index contributed by atoms with van der Waals surface area (Å²) in [6, 6.07) is 10.8. The van der Waals surface area contributed by atoms with Crippen LogP contribution in [0.4, 0.5) is 0 Å². The molecule has 1 aliphatic carbocycles. The molecular formula is C17H24N2. The predicted octanol–water partition coefficient (Wildman–Crippen LogP) is 3.96. The van der Waals surface area contributed by atoms with Crippen LogP contribution in [0.15, 0.2) is 30.3 Å². The van der Waals surface area contributed by atoms with Crippen LogP contribution < -0.4 is 0 Å². The molecule has 19 heavy (non-hydrogen) atoms. The predicted molar refractivity (Wildman–Crippen MR) is 79.7 cm³/mol. The van der Waals surface area contributed by atoms with Crippen LogP contribution in [-0.2, 0) is 5.41 Å². The average molecular weight is 256 g/mol. The number of hydrogen-bond donors (Lipinski definition) is 1. The summed E-state index contributed by atoms with van der Waals surface area (Å²) in [5.74, 6) is 0.899. The molecule has 2 fully saturated rings. The van der Waals surface area contributed by atoms with Crippen LogP contribution in [0.25, 0.3) is 0 Å². The number of nitrogens with zero attached hydrogens (tertiary/aromatic N) is 1. The molecule has 1 saturated heterocycles. The maximum absolute atomic E-state index is 8.79. The fourth-order valence-corrected chi connectivity index (χ4v) is 3.82. The van der Waals surface area contributed by atoms with Gasteiger partial charge in [0.1, 0.15) is 5.84 Å². The van der Waals surface area contributed by atoms with Crippen molar-refractivity contribution in [3.05, 3.63) is 35.9 Å². The van der Waals surface area contributed by atoms with E-state index in [2.05, 4.69) is 35.2 Å². The third kappa shape index (κ3) is 2.29. The fraction of sp³-hybridized carbons (Fsp3) is 0.588. The van der Waals surface area contributed by atoms with Gasteiger partial charge in [0, 0.05) is 13.1 Å². The van der Waals surface area contributed by atoms with Crippen molar-refractivity contribution < 1.29 is 0 Å². The Morgan fingerprint density at radius 3 is 2.16 bits per heavy atom. The van der Waals surface area contributed by atoms with Crippen molar-refractivity contribution in [1.29, 1.82) is 5.41 Å². The monoisotopic (exact) mass is 256 g/mol. The Kier molecular flexibility index (Phi) is 3.58. The fourth-order valence-electron chi connectivity index (χ4n) is 3.82. The number of rotatable bonds is 2. The van der Waals surface area contributed by atoms with Crippen LogP contribution >= 0.6 is 0 Å². The van der Waals surface area contributed by atoms with Crippen molar-refractivity contribution in [2.24, 2.45) is 0 Å². The Morgan fingerprint density at radius 2 is 1.53 bits per heavy atom. The van der Waals surface area contributed by atoms with Gasteiger partial charge in [0.2, 0.25) is 0 Å². The van der Waals surface area contributed by atoms with E-state index in [1.54, 1.807) is 0 Å². The smallest absolute Gasteiger partial charge is 0.107 e. The van der Waals surface area contributed by atoms with Gasteiger partial charge in [0.15, 0.2) is 0 Å². The molecule has 0 spiro atoms. The van der Waals surface area contributed by atoms with Gasteiger partial charge < -0.3 is 4.90 Å². The molecule has 1 aromatic carbocycles. The topological polar surface area (TPSA) is 27.1 Å². The molecule has 1 saturated carbocycles. The highest BCUT2D eigenvalue weighted by atomic mass is 15.2. The van der Waals surface area contributed by atoms with Gasteiger partial charge in [-0.1, -0.05) is 49.6 Å². The van der Waals surface area contributed by atoms with E-state index in [9.17, 15) is 0 Å². The summed E-state index contributed by atoms with van der Waals surface area (Å²) >= 11 is 0. The minimum absolute atomic E-state index is 0.00382. The Labute approximate surface area is 116 Å². The highest BCUT2D eigenvalue weighted by Gasteiger charge is 2.40. The van der Waals surface area contributed by atoms with Crippen molar-refractivity contribution in [3.8, 4) is 0 Å². The molecule has 1 N–H and O–H groups in total. The molecule has 0 aromatic heterocycles. The van der Waals surface area contributed by atoms with Gasteiger partial charge in [-0.25, -0.2) is 0 Å². The van der Waals surface area contributed by atoms with E-state index in [0.29, 0.717) is 0 Å². The summed E-state index contributed by atoms with van der Waals surface area (Å²) in [5.41, 5.74) is 1.37. The van der Waals surface area contributed by atoms with E-state index in [-0.39, 0.29) is 5.41 Å². The van der Waals surface area contributed by atoms with E-state index in [1.165, 1.54) is 37.7 Å². The number of benzene rings is 1. The SMILES string of the molecule is N=C(N1CCCC1)C1(c2ccccc2)CCCCC1. The first kappa shape index (κ1) is 12.7. The van der Waals surface area contributed by atoms with Crippen LogP contribution in [-0.4, -0.2) is 23.8 Å². The number of likely N-dealkylation sites (tertiary alicyclic amines) is 1. The lowest BCUT2D eigenvalue weighted by Gasteiger charge is -2.41. The van der Waals surface area contributed by atoms with E-state index in [1.807, 2.05) is 0 Å². The molecule has 3 rings (SSSR count). The number of amidine groups is 1. The first-order chi connectivity index (χ1) is 9.33. The lowest BCUT2D eigenvalue weighted by atomic mass is 9.68. The first-order valence-corrected chi connectivity index (χ1v) is 7.72.